The quantitative estimate of drug-likeness (QED) is 0.786. The summed E-state index contributed by atoms with van der Waals surface area (Å²) in [5.41, 5.74) is 0. The Bertz CT molecular complexity index is 477. The van der Waals surface area contributed by atoms with E-state index in [1.54, 1.807) is 18.2 Å². The van der Waals surface area contributed by atoms with E-state index >= 15 is 0 Å². The number of rotatable bonds is 7. The van der Waals surface area contributed by atoms with Gasteiger partial charge in [0.05, 0.1) is 5.02 Å². The van der Waals surface area contributed by atoms with Crippen LogP contribution in [0.1, 0.15) is 19.8 Å². The summed E-state index contributed by atoms with van der Waals surface area (Å²) >= 11 is 11.5. The van der Waals surface area contributed by atoms with Crippen molar-refractivity contribution in [2.75, 3.05) is 12.4 Å². The van der Waals surface area contributed by atoms with E-state index in [0.29, 0.717) is 12.4 Å². The number of halogens is 2. The van der Waals surface area contributed by atoms with Gasteiger partial charge in [0.25, 0.3) is 0 Å². The van der Waals surface area contributed by atoms with Gasteiger partial charge in [-0.1, -0.05) is 37.1 Å². The molecule has 1 aromatic rings. The van der Waals surface area contributed by atoms with Crippen molar-refractivity contribution >= 4 is 33.2 Å². The van der Waals surface area contributed by atoms with Gasteiger partial charge in [-0.05, 0) is 24.5 Å². The second-order valence-corrected chi connectivity index (χ2v) is 6.55. The molecule has 1 aromatic carbocycles. The van der Waals surface area contributed by atoms with Crippen molar-refractivity contribution in [3.63, 3.8) is 0 Å². The minimum absolute atomic E-state index is 0.118. The first kappa shape index (κ1) is 15.8. The van der Waals surface area contributed by atoms with Crippen molar-refractivity contribution < 1.29 is 8.42 Å². The Hall–Kier alpha value is -0.290. The number of hydrogen-bond acceptors (Lipinski definition) is 2. The topological polar surface area (TPSA) is 46.2 Å². The lowest BCUT2D eigenvalue weighted by Crippen LogP contribution is -2.29. The number of hydrogen-bond donors (Lipinski definition) is 1. The third-order valence-electron chi connectivity index (χ3n) is 2.78. The van der Waals surface area contributed by atoms with Crippen LogP contribution < -0.4 is 4.72 Å². The van der Waals surface area contributed by atoms with Crippen LogP contribution in [0.3, 0.4) is 0 Å². The standard InChI is InChI=1S/C12H17Cl2NO2S/c1-2-10(7-8-13)9-15-18(16,17)12-6-4-3-5-11(12)14/h3-6,10,15H,2,7-9H2,1H3. The van der Waals surface area contributed by atoms with Gasteiger partial charge in [-0.2, -0.15) is 0 Å². The van der Waals surface area contributed by atoms with E-state index in [1.165, 1.54) is 6.07 Å². The third-order valence-corrected chi connectivity index (χ3v) is 4.92. The van der Waals surface area contributed by atoms with Crippen LogP contribution in [0, 0.1) is 5.92 Å². The molecule has 102 valence electrons. The fourth-order valence-electron chi connectivity index (χ4n) is 1.57. The summed E-state index contributed by atoms with van der Waals surface area (Å²) in [6.45, 7) is 2.40. The zero-order valence-electron chi connectivity index (χ0n) is 10.2. The average Bonchev–Trinajstić information content (AvgIpc) is 2.34. The second-order valence-electron chi connectivity index (χ2n) is 4.03. The van der Waals surface area contributed by atoms with E-state index < -0.39 is 10.0 Å². The minimum atomic E-state index is -3.54. The Morgan fingerprint density at radius 2 is 2.00 bits per heavy atom. The van der Waals surface area contributed by atoms with Crippen molar-refractivity contribution in [1.82, 2.24) is 4.72 Å². The van der Waals surface area contributed by atoms with Gasteiger partial charge in [-0.25, -0.2) is 13.1 Å². The number of benzene rings is 1. The van der Waals surface area contributed by atoms with E-state index in [-0.39, 0.29) is 15.8 Å². The van der Waals surface area contributed by atoms with Crippen LogP contribution in [0.4, 0.5) is 0 Å². The molecule has 0 bridgehead atoms. The highest BCUT2D eigenvalue weighted by molar-refractivity contribution is 7.89. The lowest BCUT2D eigenvalue weighted by molar-refractivity contribution is 0.481. The van der Waals surface area contributed by atoms with Gasteiger partial charge in [-0.15, -0.1) is 11.6 Å². The molecule has 1 rings (SSSR count). The van der Waals surface area contributed by atoms with Gasteiger partial charge in [0.15, 0.2) is 0 Å². The Labute approximate surface area is 119 Å². The van der Waals surface area contributed by atoms with Crippen molar-refractivity contribution in [1.29, 1.82) is 0 Å². The molecule has 0 aliphatic carbocycles. The monoisotopic (exact) mass is 309 g/mol. The first-order valence-corrected chi connectivity index (χ1v) is 8.21. The molecule has 0 saturated carbocycles. The maximum atomic E-state index is 12.0. The molecule has 0 radical (unpaired) electrons. The highest BCUT2D eigenvalue weighted by atomic mass is 35.5. The summed E-state index contributed by atoms with van der Waals surface area (Å²) in [5, 5.41) is 0.232. The van der Waals surface area contributed by atoms with E-state index in [2.05, 4.69) is 4.72 Å². The second kappa shape index (κ2) is 7.34. The normalized spacial score (nSPS) is 13.5. The molecule has 0 fully saturated rings. The molecular weight excluding hydrogens is 293 g/mol. The van der Waals surface area contributed by atoms with Gasteiger partial charge in [0.1, 0.15) is 4.90 Å². The molecule has 18 heavy (non-hydrogen) atoms. The molecule has 1 atom stereocenters. The van der Waals surface area contributed by atoms with Gasteiger partial charge in [0.2, 0.25) is 10.0 Å². The van der Waals surface area contributed by atoms with Crippen molar-refractivity contribution in [3.05, 3.63) is 29.3 Å². The van der Waals surface area contributed by atoms with E-state index in [0.717, 1.165) is 12.8 Å². The largest absolute Gasteiger partial charge is 0.242 e. The first-order valence-electron chi connectivity index (χ1n) is 5.81. The number of alkyl halides is 1. The summed E-state index contributed by atoms with van der Waals surface area (Å²) in [4.78, 5) is 0.118. The van der Waals surface area contributed by atoms with Crippen LogP contribution in [0.5, 0.6) is 0 Å². The molecular formula is C12H17Cl2NO2S. The lowest BCUT2D eigenvalue weighted by atomic mass is 10.0. The lowest BCUT2D eigenvalue weighted by Gasteiger charge is -2.14. The Balaban J connectivity index is 2.74. The smallest absolute Gasteiger partial charge is 0.211 e. The van der Waals surface area contributed by atoms with Crippen LogP contribution >= 0.6 is 23.2 Å². The molecule has 6 heteroatoms. The molecule has 0 aromatic heterocycles. The summed E-state index contributed by atoms with van der Waals surface area (Å²) in [6.07, 6.45) is 1.68. The summed E-state index contributed by atoms with van der Waals surface area (Å²) in [5.74, 6) is 0.784. The van der Waals surface area contributed by atoms with Crippen LogP contribution in [0.15, 0.2) is 29.2 Å². The molecule has 0 aliphatic rings. The number of sulfonamides is 1. The predicted molar refractivity (Wildman–Crippen MR) is 75.8 cm³/mol. The van der Waals surface area contributed by atoms with Crippen molar-refractivity contribution in [3.8, 4) is 0 Å². The highest BCUT2D eigenvalue weighted by Crippen LogP contribution is 2.20. The third kappa shape index (κ3) is 4.43. The summed E-state index contributed by atoms with van der Waals surface area (Å²) < 4.78 is 26.7. The molecule has 0 saturated heterocycles. The zero-order valence-corrected chi connectivity index (χ0v) is 12.5. The molecule has 1 unspecified atom stereocenters. The van der Waals surface area contributed by atoms with Crippen LogP contribution in [-0.2, 0) is 10.0 Å². The highest BCUT2D eigenvalue weighted by Gasteiger charge is 2.18. The fraction of sp³-hybridized carbons (Fsp3) is 0.500. The molecule has 1 N–H and O–H groups in total. The van der Waals surface area contributed by atoms with E-state index in [9.17, 15) is 8.42 Å². The Kier molecular flexibility index (Phi) is 6.43. The minimum Gasteiger partial charge on any atom is -0.211 e. The summed E-state index contributed by atoms with van der Waals surface area (Å²) in [6, 6.07) is 6.40. The summed E-state index contributed by atoms with van der Waals surface area (Å²) in [7, 11) is -3.54. The molecule has 0 spiro atoms. The molecule has 0 amide bonds. The first-order chi connectivity index (χ1) is 8.51. The SMILES string of the molecule is CCC(CCCl)CNS(=O)(=O)c1ccccc1Cl. The van der Waals surface area contributed by atoms with Crippen LogP contribution in [0.25, 0.3) is 0 Å². The van der Waals surface area contributed by atoms with Crippen molar-refractivity contribution in [2.45, 2.75) is 24.7 Å². The van der Waals surface area contributed by atoms with Crippen LogP contribution in [0.2, 0.25) is 5.02 Å². The fourth-order valence-corrected chi connectivity index (χ4v) is 3.51. The molecule has 0 heterocycles. The predicted octanol–water partition coefficient (Wildman–Crippen LogP) is 3.27. The Morgan fingerprint density at radius 1 is 1.33 bits per heavy atom. The number of nitrogens with one attached hydrogen (secondary N) is 1. The van der Waals surface area contributed by atoms with Crippen molar-refractivity contribution in [2.24, 2.45) is 5.92 Å². The molecule has 0 aliphatic heterocycles. The molecule has 3 nitrogen and oxygen atoms in total. The average molecular weight is 310 g/mol. The van der Waals surface area contributed by atoms with Gasteiger partial charge >= 0.3 is 0 Å². The van der Waals surface area contributed by atoms with E-state index in [1.807, 2.05) is 6.92 Å². The van der Waals surface area contributed by atoms with E-state index in [4.69, 9.17) is 23.2 Å². The van der Waals surface area contributed by atoms with Gasteiger partial charge < -0.3 is 0 Å². The maximum absolute atomic E-state index is 12.0. The Morgan fingerprint density at radius 3 is 2.56 bits per heavy atom. The van der Waals surface area contributed by atoms with Crippen LogP contribution in [-0.4, -0.2) is 20.8 Å². The zero-order chi connectivity index (χ0) is 13.6. The maximum Gasteiger partial charge on any atom is 0.242 e. The van der Waals surface area contributed by atoms with Gasteiger partial charge in [-0.3, -0.25) is 0 Å². The van der Waals surface area contributed by atoms with Gasteiger partial charge in [0, 0.05) is 12.4 Å².